The third-order valence-corrected chi connectivity index (χ3v) is 2.05. The molecule has 3 nitrogen and oxygen atoms in total. The van der Waals surface area contributed by atoms with Crippen molar-refractivity contribution in [3.63, 3.8) is 0 Å². The SMILES string of the molecule is CC(C)(C)C(=O)O/C(C=O)=C\c1ccccc1. The van der Waals surface area contributed by atoms with Crippen LogP contribution in [0.1, 0.15) is 26.3 Å². The number of aldehydes is 1. The van der Waals surface area contributed by atoms with Gasteiger partial charge in [0.2, 0.25) is 0 Å². The van der Waals surface area contributed by atoms with Crippen molar-refractivity contribution in [1.29, 1.82) is 0 Å². The second-order valence-corrected chi connectivity index (χ2v) is 4.71. The smallest absolute Gasteiger partial charge is 0.316 e. The second-order valence-electron chi connectivity index (χ2n) is 4.71. The number of hydrogen-bond acceptors (Lipinski definition) is 3. The van der Waals surface area contributed by atoms with Gasteiger partial charge in [0.1, 0.15) is 0 Å². The average Bonchev–Trinajstić information content (AvgIpc) is 2.28. The van der Waals surface area contributed by atoms with Crippen molar-refractivity contribution in [1.82, 2.24) is 0 Å². The molecule has 1 aromatic rings. The van der Waals surface area contributed by atoms with Crippen LogP contribution in [0.5, 0.6) is 0 Å². The predicted octanol–water partition coefficient (Wildman–Crippen LogP) is 2.82. The van der Waals surface area contributed by atoms with Crippen LogP contribution < -0.4 is 0 Å². The third kappa shape index (κ3) is 4.23. The summed E-state index contributed by atoms with van der Waals surface area (Å²) < 4.78 is 5.02. The molecular weight excluding hydrogens is 216 g/mol. The van der Waals surface area contributed by atoms with Crippen LogP contribution in [0.25, 0.3) is 6.08 Å². The Balaban J connectivity index is 2.84. The van der Waals surface area contributed by atoms with Gasteiger partial charge in [0.25, 0.3) is 0 Å². The van der Waals surface area contributed by atoms with Gasteiger partial charge in [0, 0.05) is 0 Å². The van der Waals surface area contributed by atoms with Crippen LogP contribution in [0.4, 0.5) is 0 Å². The van der Waals surface area contributed by atoms with E-state index in [-0.39, 0.29) is 5.76 Å². The molecule has 17 heavy (non-hydrogen) atoms. The van der Waals surface area contributed by atoms with E-state index in [1.54, 1.807) is 20.8 Å². The number of rotatable bonds is 3. The lowest BCUT2D eigenvalue weighted by molar-refractivity contribution is -0.149. The summed E-state index contributed by atoms with van der Waals surface area (Å²) in [5.41, 5.74) is 0.190. The highest BCUT2D eigenvalue weighted by Crippen LogP contribution is 2.17. The molecule has 0 radical (unpaired) electrons. The molecule has 0 fully saturated rings. The molecule has 0 aromatic heterocycles. The van der Waals surface area contributed by atoms with Crippen LogP contribution in [0.2, 0.25) is 0 Å². The Labute approximate surface area is 101 Å². The minimum Gasteiger partial charge on any atom is -0.423 e. The number of hydrogen-bond donors (Lipinski definition) is 0. The molecule has 0 spiro atoms. The van der Waals surface area contributed by atoms with E-state index in [9.17, 15) is 9.59 Å². The van der Waals surface area contributed by atoms with Crippen LogP contribution in [-0.2, 0) is 14.3 Å². The summed E-state index contributed by atoms with van der Waals surface area (Å²) >= 11 is 0. The summed E-state index contributed by atoms with van der Waals surface area (Å²) in [6, 6.07) is 9.22. The molecule has 0 aliphatic carbocycles. The Kier molecular flexibility index (Phi) is 4.21. The Morgan fingerprint density at radius 1 is 1.18 bits per heavy atom. The predicted molar refractivity (Wildman–Crippen MR) is 66.0 cm³/mol. The average molecular weight is 232 g/mol. The highest BCUT2D eigenvalue weighted by Gasteiger charge is 2.24. The van der Waals surface area contributed by atoms with E-state index in [4.69, 9.17) is 4.74 Å². The van der Waals surface area contributed by atoms with Gasteiger partial charge in [-0.15, -0.1) is 0 Å². The Bertz CT molecular complexity index is 425. The molecule has 0 heterocycles. The lowest BCUT2D eigenvalue weighted by Gasteiger charge is -2.15. The lowest BCUT2D eigenvalue weighted by atomic mass is 9.97. The molecule has 0 bridgehead atoms. The van der Waals surface area contributed by atoms with E-state index in [1.807, 2.05) is 30.3 Å². The highest BCUT2D eigenvalue weighted by molar-refractivity contribution is 5.86. The third-order valence-electron chi connectivity index (χ3n) is 2.05. The largest absolute Gasteiger partial charge is 0.423 e. The lowest BCUT2D eigenvalue weighted by Crippen LogP contribution is -2.22. The Morgan fingerprint density at radius 3 is 2.24 bits per heavy atom. The zero-order valence-corrected chi connectivity index (χ0v) is 10.3. The number of ether oxygens (including phenoxy) is 1. The van der Waals surface area contributed by atoms with E-state index in [0.717, 1.165) is 5.56 Å². The molecule has 1 aromatic carbocycles. The second kappa shape index (κ2) is 5.43. The summed E-state index contributed by atoms with van der Waals surface area (Å²) in [6.07, 6.45) is 2.08. The number of esters is 1. The van der Waals surface area contributed by atoms with E-state index < -0.39 is 11.4 Å². The molecule has 0 N–H and O–H groups in total. The first-order valence-electron chi connectivity index (χ1n) is 5.37. The molecule has 0 aliphatic heterocycles. The van der Waals surface area contributed by atoms with Gasteiger partial charge in [-0.1, -0.05) is 30.3 Å². The summed E-state index contributed by atoms with van der Waals surface area (Å²) in [4.78, 5) is 22.4. The minimum atomic E-state index is -0.626. The molecule has 0 unspecified atom stereocenters. The van der Waals surface area contributed by atoms with Crippen LogP contribution >= 0.6 is 0 Å². The van der Waals surface area contributed by atoms with Crippen molar-refractivity contribution < 1.29 is 14.3 Å². The van der Waals surface area contributed by atoms with Gasteiger partial charge in [-0.25, -0.2) is 0 Å². The van der Waals surface area contributed by atoms with Gasteiger partial charge in [0.15, 0.2) is 12.0 Å². The minimum absolute atomic E-state index is 0.0242. The van der Waals surface area contributed by atoms with Crippen LogP contribution in [0.15, 0.2) is 36.1 Å². The maximum absolute atomic E-state index is 11.6. The molecule has 0 amide bonds. The fourth-order valence-electron chi connectivity index (χ4n) is 1.06. The zero-order chi connectivity index (χ0) is 12.9. The number of allylic oxidation sites excluding steroid dienone is 1. The molecule has 0 aliphatic rings. The van der Waals surface area contributed by atoms with Gasteiger partial charge in [-0.3, -0.25) is 9.59 Å². The summed E-state index contributed by atoms with van der Waals surface area (Å²) in [6.45, 7) is 5.21. The van der Waals surface area contributed by atoms with Crippen molar-refractivity contribution in [2.45, 2.75) is 20.8 Å². The first-order valence-corrected chi connectivity index (χ1v) is 5.37. The maximum Gasteiger partial charge on any atom is 0.316 e. The first kappa shape index (κ1) is 13.2. The monoisotopic (exact) mass is 232 g/mol. The number of carbonyl (C=O) groups excluding carboxylic acids is 2. The summed E-state index contributed by atoms with van der Waals surface area (Å²) in [7, 11) is 0. The highest BCUT2D eigenvalue weighted by atomic mass is 16.5. The van der Waals surface area contributed by atoms with Crippen LogP contribution in [0, 0.1) is 5.41 Å². The molecular formula is C14H16O3. The van der Waals surface area contributed by atoms with Gasteiger partial charge >= 0.3 is 5.97 Å². The van der Waals surface area contributed by atoms with E-state index in [1.165, 1.54) is 6.08 Å². The van der Waals surface area contributed by atoms with Crippen molar-refractivity contribution in [2.24, 2.45) is 5.41 Å². The standard InChI is InChI=1S/C14H16O3/c1-14(2,3)13(16)17-12(10-15)9-11-7-5-4-6-8-11/h4-10H,1-3H3/b12-9-. The Morgan fingerprint density at radius 2 is 1.76 bits per heavy atom. The molecule has 1 rings (SSSR count). The van der Waals surface area contributed by atoms with Crippen molar-refractivity contribution in [3.05, 3.63) is 41.7 Å². The molecule has 0 saturated carbocycles. The van der Waals surface area contributed by atoms with E-state index >= 15 is 0 Å². The quantitative estimate of drug-likeness (QED) is 0.348. The topological polar surface area (TPSA) is 43.4 Å². The first-order chi connectivity index (χ1) is 7.93. The molecule has 0 atom stereocenters. The van der Waals surface area contributed by atoms with Gasteiger partial charge in [0.05, 0.1) is 5.41 Å². The van der Waals surface area contributed by atoms with Crippen molar-refractivity contribution in [2.75, 3.05) is 0 Å². The van der Waals surface area contributed by atoms with Crippen LogP contribution in [-0.4, -0.2) is 12.3 Å². The number of benzene rings is 1. The summed E-state index contributed by atoms with van der Waals surface area (Å²) in [5, 5.41) is 0. The Hall–Kier alpha value is -1.90. The molecule has 90 valence electrons. The molecule has 3 heteroatoms. The number of carbonyl (C=O) groups is 2. The van der Waals surface area contributed by atoms with E-state index in [2.05, 4.69) is 0 Å². The zero-order valence-electron chi connectivity index (χ0n) is 10.3. The maximum atomic E-state index is 11.6. The van der Waals surface area contributed by atoms with Gasteiger partial charge in [-0.05, 0) is 32.4 Å². The fraction of sp³-hybridized carbons (Fsp3) is 0.286. The van der Waals surface area contributed by atoms with Gasteiger partial charge < -0.3 is 4.74 Å². The van der Waals surface area contributed by atoms with Gasteiger partial charge in [-0.2, -0.15) is 0 Å². The molecule has 0 saturated heterocycles. The van der Waals surface area contributed by atoms with Crippen molar-refractivity contribution >= 4 is 18.3 Å². The fourth-order valence-corrected chi connectivity index (χ4v) is 1.06. The van der Waals surface area contributed by atoms with E-state index in [0.29, 0.717) is 6.29 Å². The van der Waals surface area contributed by atoms with Crippen LogP contribution in [0.3, 0.4) is 0 Å². The summed E-state index contributed by atoms with van der Waals surface area (Å²) in [5.74, 6) is -0.400. The van der Waals surface area contributed by atoms with Crippen molar-refractivity contribution in [3.8, 4) is 0 Å². The normalized spacial score (nSPS) is 12.1.